The maximum absolute atomic E-state index is 2.40. The second kappa shape index (κ2) is 17.0. The third kappa shape index (κ3) is 7.77. The Bertz CT molecular complexity index is 2190. The summed E-state index contributed by atoms with van der Waals surface area (Å²) < 4.78 is 4.59. The molecule has 0 aliphatic carbocycles. The minimum Gasteiger partial charge on any atom is -0.323 e. The van der Waals surface area contributed by atoms with E-state index in [0.717, 1.165) is 12.1 Å². The molecule has 0 atom stereocenters. The highest BCUT2D eigenvalue weighted by atomic mass is 15.0. The van der Waals surface area contributed by atoms with Crippen LogP contribution in [0.4, 0.5) is 0 Å². The Labute approximate surface area is 293 Å². The highest BCUT2D eigenvalue weighted by Crippen LogP contribution is 2.35. The molecule has 0 bridgehead atoms. The van der Waals surface area contributed by atoms with E-state index in [9.17, 15) is 0 Å². The molecule has 0 N–H and O–H groups in total. The van der Waals surface area contributed by atoms with Crippen LogP contribution in [0.15, 0.2) is 158 Å². The first-order chi connectivity index (χ1) is 24.1. The van der Waals surface area contributed by atoms with Gasteiger partial charge in [0, 0.05) is 34.5 Å². The Morgan fingerprint density at radius 1 is 0.592 bits per heavy atom. The van der Waals surface area contributed by atoms with Gasteiger partial charge in [-0.2, -0.15) is 0 Å². The minimum atomic E-state index is 1.02. The van der Waals surface area contributed by atoms with Crippen LogP contribution in [-0.4, -0.2) is 9.13 Å². The van der Waals surface area contributed by atoms with Gasteiger partial charge in [-0.1, -0.05) is 136 Å². The average Bonchev–Trinajstić information content (AvgIpc) is 3.72. The summed E-state index contributed by atoms with van der Waals surface area (Å²) in [6.07, 6.45) is 27.1. The number of para-hydroxylation sites is 2. The third-order valence-electron chi connectivity index (χ3n) is 8.56. The standard InChI is InChI=1S/C45H42N2.C2H6/c1-5-9-12-19-38-32-46(40-21-13-11-14-22-40)33-39(38)27-26-35(8-4)37-28-29-45-43(31-37)42-24-15-16-25-44(42)47(45)41-23-17-20-36(30-41)34(7-3)18-10-6-2;1-2/h5,7-33H,6H2,1-4H3;1-2H3/b9-5-,18-10-,19-12-,27-26-,34-7+,35-8+;. The Morgan fingerprint density at radius 3 is 1.98 bits per heavy atom. The second-order valence-corrected chi connectivity index (χ2v) is 11.6. The van der Waals surface area contributed by atoms with Crippen molar-refractivity contribution in [1.29, 1.82) is 0 Å². The van der Waals surface area contributed by atoms with Crippen LogP contribution in [0, 0.1) is 0 Å². The van der Waals surface area contributed by atoms with Crippen molar-refractivity contribution in [1.82, 2.24) is 9.13 Å². The summed E-state index contributed by atoms with van der Waals surface area (Å²) in [6, 6.07) is 35.0. The molecule has 0 spiro atoms. The molecule has 0 saturated carbocycles. The molecule has 0 aliphatic heterocycles. The first-order valence-corrected chi connectivity index (χ1v) is 17.5. The topological polar surface area (TPSA) is 9.86 Å². The monoisotopic (exact) mass is 640 g/mol. The SMILES string of the molecule is C/C=C\C=C/c1cn(-c2ccccc2)cc1/C=C\C(=C/C)c1ccc2c(c1)c1ccccc1n2-c1cccc(C(/C=C\CC)=C/C)c1.CC. The normalized spacial score (nSPS) is 12.7. The van der Waals surface area contributed by atoms with Crippen LogP contribution in [0.3, 0.4) is 0 Å². The van der Waals surface area contributed by atoms with E-state index in [1.54, 1.807) is 0 Å². The van der Waals surface area contributed by atoms with Crippen molar-refractivity contribution >= 4 is 45.1 Å². The number of rotatable bonds is 10. The molecule has 0 unspecified atom stereocenters. The van der Waals surface area contributed by atoms with Gasteiger partial charge in [-0.05, 0) is 103 Å². The second-order valence-electron chi connectivity index (χ2n) is 11.6. The summed E-state index contributed by atoms with van der Waals surface area (Å²) >= 11 is 0. The predicted octanol–water partition coefficient (Wildman–Crippen LogP) is 13.7. The molecule has 6 rings (SSSR count). The van der Waals surface area contributed by atoms with Gasteiger partial charge in [0.15, 0.2) is 0 Å². The lowest BCUT2D eigenvalue weighted by Crippen LogP contribution is -1.95. The Balaban J connectivity index is 0.00000230. The number of fused-ring (bicyclic) bond motifs is 3. The first kappa shape index (κ1) is 34.7. The lowest BCUT2D eigenvalue weighted by molar-refractivity contribution is 1.08. The van der Waals surface area contributed by atoms with Crippen LogP contribution in [0.5, 0.6) is 0 Å². The molecule has 0 radical (unpaired) electrons. The molecule has 49 heavy (non-hydrogen) atoms. The van der Waals surface area contributed by atoms with E-state index in [1.165, 1.54) is 60.9 Å². The van der Waals surface area contributed by atoms with Gasteiger partial charge in [-0.15, -0.1) is 0 Å². The fourth-order valence-electron chi connectivity index (χ4n) is 6.18. The number of hydrogen-bond acceptors (Lipinski definition) is 0. The van der Waals surface area contributed by atoms with Crippen LogP contribution in [0.25, 0.3) is 56.5 Å². The molecule has 2 aromatic heterocycles. The fourth-order valence-corrected chi connectivity index (χ4v) is 6.18. The van der Waals surface area contributed by atoms with E-state index in [2.05, 4.69) is 194 Å². The Hall–Kier alpha value is -5.60. The lowest BCUT2D eigenvalue weighted by atomic mass is 10.0. The highest BCUT2D eigenvalue weighted by molar-refractivity contribution is 6.10. The number of hydrogen-bond donors (Lipinski definition) is 0. The lowest BCUT2D eigenvalue weighted by Gasteiger charge is -2.11. The Kier molecular flexibility index (Phi) is 12.0. The quantitative estimate of drug-likeness (QED) is 0.132. The van der Waals surface area contributed by atoms with Crippen molar-refractivity contribution in [3.8, 4) is 11.4 Å². The van der Waals surface area contributed by atoms with Gasteiger partial charge in [0.2, 0.25) is 0 Å². The highest BCUT2D eigenvalue weighted by Gasteiger charge is 2.14. The van der Waals surface area contributed by atoms with Crippen molar-refractivity contribution < 1.29 is 0 Å². The van der Waals surface area contributed by atoms with Crippen LogP contribution in [-0.2, 0) is 0 Å². The van der Waals surface area contributed by atoms with Crippen LogP contribution in [0.2, 0.25) is 0 Å². The smallest absolute Gasteiger partial charge is 0.0541 e. The predicted molar refractivity (Wildman–Crippen MR) is 218 cm³/mol. The molecule has 2 heteroatoms. The molecule has 6 aromatic rings. The van der Waals surface area contributed by atoms with E-state index in [1.807, 2.05) is 26.8 Å². The summed E-state index contributed by atoms with van der Waals surface area (Å²) in [7, 11) is 0. The maximum Gasteiger partial charge on any atom is 0.0541 e. The maximum atomic E-state index is 2.40. The number of aromatic nitrogens is 2. The van der Waals surface area contributed by atoms with Gasteiger partial charge in [0.25, 0.3) is 0 Å². The molecule has 2 nitrogen and oxygen atoms in total. The molecule has 0 fully saturated rings. The average molecular weight is 641 g/mol. The minimum absolute atomic E-state index is 1.02. The molecular formula is C47H48N2. The van der Waals surface area contributed by atoms with Crippen molar-refractivity contribution in [2.45, 2.75) is 48.0 Å². The van der Waals surface area contributed by atoms with Crippen LogP contribution in [0.1, 0.15) is 70.2 Å². The first-order valence-electron chi connectivity index (χ1n) is 17.5. The number of nitrogens with zero attached hydrogens (tertiary/aromatic N) is 2. The van der Waals surface area contributed by atoms with Gasteiger partial charge in [-0.3, -0.25) is 0 Å². The molecule has 0 saturated heterocycles. The van der Waals surface area contributed by atoms with Gasteiger partial charge >= 0.3 is 0 Å². The molecule has 2 heterocycles. The molecule has 0 aliphatic rings. The van der Waals surface area contributed by atoms with Crippen LogP contribution < -0.4 is 0 Å². The van der Waals surface area contributed by atoms with E-state index >= 15 is 0 Å². The molecule has 4 aromatic carbocycles. The number of benzene rings is 4. The molecule has 246 valence electrons. The summed E-state index contributed by atoms with van der Waals surface area (Å²) in [5.74, 6) is 0. The fraction of sp³-hybridized carbons (Fsp3) is 0.149. The van der Waals surface area contributed by atoms with Crippen molar-refractivity contribution in [3.05, 3.63) is 180 Å². The summed E-state index contributed by atoms with van der Waals surface area (Å²) in [4.78, 5) is 0. The zero-order valence-corrected chi connectivity index (χ0v) is 29.8. The van der Waals surface area contributed by atoms with Gasteiger partial charge in [-0.25, -0.2) is 0 Å². The van der Waals surface area contributed by atoms with Crippen LogP contribution >= 0.6 is 0 Å². The van der Waals surface area contributed by atoms with E-state index in [4.69, 9.17) is 0 Å². The zero-order chi connectivity index (χ0) is 34.6. The van der Waals surface area contributed by atoms with Gasteiger partial charge in [0.05, 0.1) is 11.0 Å². The molecule has 0 amide bonds. The van der Waals surface area contributed by atoms with Crippen molar-refractivity contribution in [2.75, 3.05) is 0 Å². The van der Waals surface area contributed by atoms with Gasteiger partial charge < -0.3 is 9.13 Å². The third-order valence-corrected chi connectivity index (χ3v) is 8.56. The largest absolute Gasteiger partial charge is 0.323 e. The van der Waals surface area contributed by atoms with E-state index in [-0.39, 0.29) is 0 Å². The Morgan fingerprint density at radius 2 is 1.24 bits per heavy atom. The zero-order valence-electron chi connectivity index (χ0n) is 29.8. The summed E-state index contributed by atoms with van der Waals surface area (Å²) in [5, 5.41) is 2.50. The van der Waals surface area contributed by atoms with E-state index in [0.29, 0.717) is 0 Å². The molecular weight excluding hydrogens is 593 g/mol. The summed E-state index contributed by atoms with van der Waals surface area (Å²) in [6.45, 7) is 12.4. The van der Waals surface area contributed by atoms with Gasteiger partial charge in [0.1, 0.15) is 0 Å². The number of allylic oxidation sites excluding steroid dienone is 10. The summed E-state index contributed by atoms with van der Waals surface area (Å²) in [5.41, 5.74) is 11.9. The van der Waals surface area contributed by atoms with E-state index < -0.39 is 0 Å². The van der Waals surface area contributed by atoms with Crippen molar-refractivity contribution in [2.24, 2.45) is 0 Å². The van der Waals surface area contributed by atoms with Crippen molar-refractivity contribution in [3.63, 3.8) is 0 Å².